The van der Waals surface area contributed by atoms with E-state index in [0.29, 0.717) is 36.5 Å². The number of ketones is 1. The van der Waals surface area contributed by atoms with Gasteiger partial charge in [-0.3, -0.25) is 9.59 Å². The SMILES string of the molecule is CCOc1ccc([C@@H]2C3=C(CC(C)(C)CC3=O)Nc3c(C(=O)Nc4ccc(C)cc4)cnn32)cc1. The van der Waals surface area contributed by atoms with E-state index in [2.05, 4.69) is 29.6 Å². The van der Waals surface area contributed by atoms with Crippen molar-refractivity contribution in [3.8, 4) is 5.75 Å². The Balaban J connectivity index is 1.56. The van der Waals surface area contributed by atoms with Gasteiger partial charge in [0.2, 0.25) is 0 Å². The number of aryl methyl sites for hydroxylation is 1. The second-order valence-corrected chi connectivity index (χ2v) is 10.0. The first-order valence-electron chi connectivity index (χ1n) is 12.0. The van der Waals surface area contributed by atoms with Crippen molar-refractivity contribution in [3.63, 3.8) is 0 Å². The Kier molecular flexibility index (Phi) is 5.71. The van der Waals surface area contributed by atoms with E-state index in [-0.39, 0.29) is 17.1 Å². The topological polar surface area (TPSA) is 85.2 Å². The molecule has 3 aromatic rings. The third-order valence-electron chi connectivity index (χ3n) is 6.56. The van der Waals surface area contributed by atoms with Crippen LogP contribution in [0, 0.1) is 12.3 Å². The van der Waals surface area contributed by atoms with Crippen molar-refractivity contribution in [1.29, 1.82) is 0 Å². The predicted molar refractivity (Wildman–Crippen MR) is 136 cm³/mol. The highest BCUT2D eigenvalue weighted by Gasteiger charge is 2.42. The molecule has 1 aliphatic heterocycles. The summed E-state index contributed by atoms with van der Waals surface area (Å²) in [5, 5.41) is 11.0. The number of fused-ring (bicyclic) bond motifs is 1. The molecule has 2 heterocycles. The number of aromatic nitrogens is 2. The molecule has 35 heavy (non-hydrogen) atoms. The molecule has 2 aliphatic rings. The van der Waals surface area contributed by atoms with Gasteiger partial charge in [-0.05, 0) is 55.5 Å². The molecule has 0 unspecified atom stereocenters. The molecule has 2 N–H and O–H groups in total. The van der Waals surface area contributed by atoms with Crippen molar-refractivity contribution in [2.75, 3.05) is 17.2 Å². The first kappa shape index (κ1) is 22.9. The van der Waals surface area contributed by atoms with Crippen LogP contribution < -0.4 is 15.4 Å². The zero-order chi connectivity index (χ0) is 24.7. The molecule has 0 saturated heterocycles. The molecule has 1 amide bonds. The van der Waals surface area contributed by atoms with E-state index in [0.717, 1.165) is 28.1 Å². The van der Waals surface area contributed by atoms with E-state index in [1.807, 2.05) is 62.4 Å². The van der Waals surface area contributed by atoms with Crippen LogP contribution in [0.5, 0.6) is 5.75 Å². The predicted octanol–water partition coefficient (Wildman–Crippen LogP) is 5.50. The number of anilines is 2. The maximum Gasteiger partial charge on any atom is 0.261 e. The summed E-state index contributed by atoms with van der Waals surface area (Å²) in [5.41, 5.74) is 4.60. The average molecular weight is 471 g/mol. The third kappa shape index (κ3) is 4.34. The second-order valence-electron chi connectivity index (χ2n) is 10.0. The number of hydrogen-bond acceptors (Lipinski definition) is 5. The quantitative estimate of drug-likeness (QED) is 0.514. The van der Waals surface area contributed by atoms with Gasteiger partial charge in [-0.25, -0.2) is 4.68 Å². The molecule has 1 aliphatic carbocycles. The van der Waals surface area contributed by atoms with Crippen LogP contribution in [0.2, 0.25) is 0 Å². The smallest absolute Gasteiger partial charge is 0.261 e. The van der Waals surface area contributed by atoms with E-state index in [9.17, 15) is 9.59 Å². The summed E-state index contributed by atoms with van der Waals surface area (Å²) in [4.78, 5) is 26.6. The van der Waals surface area contributed by atoms with Gasteiger partial charge in [0.1, 0.15) is 23.2 Å². The molecular weight excluding hydrogens is 440 g/mol. The Hall–Kier alpha value is -3.87. The Morgan fingerprint density at radius 2 is 1.86 bits per heavy atom. The molecule has 0 fully saturated rings. The van der Waals surface area contributed by atoms with Crippen molar-refractivity contribution < 1.29 is 14.3 Å². The number of amides is 1. The fourth-order valence-electron chi connectivity index (χ4n) is 4.93. The summed E-state index contributed by atoms with van der Waals surface area (Å²) < 4.78 is 7.36. The van der Waals surface area contributed by atoms with E-state index >= 15 is 0 Å². The maximum absolute atomic E-state index is 13.4. The molecule has 180 valence electrons. The Bertz CT molecular complexity index is 1320. The molecule has 0 saturated carbocycles. The van der Waals surface area contributed by atoms with Crippen molar-refractivity contribution in [2.24, 2.45) is 5.41 Å². The van der Waals surface area contributed by atoms with Crippen molar-refractivity contribution in [2.45, 2.75) is 46.6 Å². The van der Waals surface area contributed by atoms with Gasteiger partial charge < -0.3 is 15.4 Å². The highest BCUT2D eigenvalue weighted by molar-refractivity contribution is 6.08. The van der Waals surface area contributed by atoms with Crippen molar-refractivity contribution >= 4 is 23.2 Å². The number of Topliss-reactive ketones (excluding diaryl/α,β-unsaturated/α-hetero) is 1. The number of nitrogens with one attached hydrogen (secondary N) is 2. The minimum Gasteiger partial charge on any atom is -0.494 e. The van der Waals surface area contributed by atoms with Crippen molar-refractivity contribution in [3.05, 3.63) is 82.7 Å². The van der Waals surface area contributed by atoms with Crippen LogP contribution in [0.3, 0.4) is 0 Å². The summed E-state index contributed by atoms with van der Waals surface area (Å²) in [6, 6.07) is 15.0. The van der Waals surface area contributed by atoms with Crippen LogP contribution >= 0.6 is 0 Å². The largest absolute Gasteiger partial charge is 0.494 e. The lowest BCUT2D eigenvalue weighted by Gasteiger charge is -2.39. The van der Waals surface area contributed by atoms with Crippen LogP contribution in [0.4, 0.5) is 11.5 Å². The molecule has 0 spiro atoms. The molecule has 7 nitrogen and oxygen atoms in total. The minimum absolute atomic E-state index is 0.106. The number of benzene rings is 2. The van der Waals surface area contributed by atoms with Crippen LogP contribution in [-0.2, 0) is 4.79 Å². The first-order chi connectivity index (χ1) is 16.8. The standard InChI is InChI=1S/C28H30N4O3/c1-5-35-20-12-8-18(9-13-20)25-24-22(14-28(3,4)15-23(24)33)31-26-21(16-29-32(25)26)27(34)30-19-10-6-17(2)7-11-19/h6-13,16,25,31H,5,14-15H2,1-4H3,(H,30,34)/t25-/m1/s1. The Morgan fingerprint density at radius 1 is 1.14 bits per heavy atom. The van der Waals surface area contributed by atoms with Gasteiger partial charge in [-0.15, -0.1) is 0 Å². The normalized spacial score (nSPS) is 18.4. The lowest BCUT2D eigenvalue weighted by Crippen LogP contribution is -2.37. The van der Waals surface area contributed by atoms with Crippen LogP contribution in [0.15, 0.2) is 66.0 Å². The molecule has 7 heteroatoms. The fraction of sp³-hybridized carbons (Fsp3) is 0.321. The summed E-state index contributed by atoms with van der Waals surface area (Å²) in [6.07, 6.45) is 2.76. The molecule has 0 radical (unpaired) electrons. The second kappa shape index (κ2) is 8.73. The van der Waals surface area contributed by atoms with E-state index in [4.69, 9.17) is 4.74 Å². The minimum atomic E-state index is -0.415. The highest BCUT2D eigenvalue weighted by Crippen LogP contribution is 2.46. The number of allylic oxidation sites excluding steroid dienone is 2. The number of ether oxygens (including phenoxy) is 1. The molecule has 1 aromatic heterocycles. The third-order valence-corrected chi connectivity index (χ3v) is 6.56. The number of nitrogens with zero attached hydrogens (tertiary/aromatic N) is 2. The summed E-state index contributed by atoms with van der Waals surface area (Å²) in [7, 11) is 0. The van der Waals surface area contributed by atoms with E-state index in [1.54, 1.807) is 10.9 Å². The Morgan fingerprint density at radius 3 is 2.54 bits per heavy atom. The van der Waals surface area contributed by atoms with E-state index in [1.165, 1.54) is 0 Å². The van der Waals surface area contributed by atoms with Gasteiger partial charge in [-0.1, -0.05) is 43.7 Å². The fourth-order valence-corrected chi connectivity index (χ4v) is 4.93. The van der Waals surface area contributed by atoms with Crippen LogP contribution in [0.1, 0.15) is 61.1 Å². The van der Waals surface area contributed by atoms with Gasteiger partial charge >= 0.3 is 0 Å². The summed E-state index contributed by atoms with van der Waals surface area (Å²) in [5.74, 6) is 1.22. The first-order valence-corrected chi connectivity index (χ1v) is 12.0. The summed E-state index contributed by atoms with van der Waals surface area (Å²) in [6.45, 7) is 8.72. The van der Waals surface area contributed by atoms with Gasteiger partial charge in [0.05, 0.1) is 12.8 Å². The number of rotatable bonds is 5. The van der Waals surface area contributed by atoms with Crippen LogP contribution in [-0.4, -0.2) is 28.1 Å². The van der Waals surface area contributed by atoms with E-state index < -0.39 is 6.04 Å². The highest BCUT2D eigenvalue weighted by atomic mass is 16.5. The molecular formula is C28H30N4O3. The monoisotopic (exact) mass is 470 g/mol. The maximum atomic E-state index is 13.4. The molecule has 2 aromatic carbocycles. The lowest BCUT2D eigenvalue weighted by atomic mass is 9.73. The Labute approximate surface area is 205 Å². The molecule has 1 atom stereocenters. The van der Waals surface area contributed by atoms with Crippen LogP contribution in [0.25, 0.3) is 0 Å². The number of carbonyl (C=O) groups is 2. The molecule has 0 bridgehead atoms. The number of hydrogen-bond donors (Lipinski definition) is 2. The molecule has 5 rings (SSSR count). The zero-order valence-corrected chi connectivity index (χ0v) is 20.5. The summed E-state index contributed by atoms with van der Waals surface area (Å²) >= 11 is 0. The van der Waals surface area contributed by atoms with Gasteiger partial charge in [0.25, 0.3) is 5.91 Å². The van der Waals surface area contributed by atoms with Gasteiger partial charge in [-0.2, -0.15) is 5.10 Å². The lowest BCUT2D eigenvalue weighted by molar-refractivity contribution is -0.118. The van der Waals surface area contributed by atoms with Gasteiger partial charge in [0, 0.05) is 23.4 Å². The number of carbonyl (C=O) groups excluding carboxylic acids is 2. The zero-order valence-electron chi connectivity index (χ0n) is 20.5. The van der Waals surface area contributed by atoms with Gasteiger partial charge in [0.15, 0.2) is 5.78 Å². The average Bonchev–Trinajstić information content (AvgIpc) is 3.23. The van der Waals surface area contributed by atoms with Crippen molar-refractivity contribution in [1.82, 2.24) is 9.78 Å².